The van der Waals surface area contributed by atoms with Crippen molar-refractivity contribution in [1.29, 1.82) is 0 Å². The van der Waals surface area contributed by atoms with Gasteiger partial charge >= 0.3 is 6.36 Å². The van der Waals surface area contributed by atoms with Gasteiger partial charge in [0.15, 0.2) is 5.75 Å². The summed E-state index contributed by atoms with van der Waals surface area (Å²) in [5.74, 6) is 0.141. The van der Waals surface area contributed by atoms with Crippen LogP contribution in [0, 0.1) is 0 Å². The van der Waals surface area contributed by atoms with E-state index in [1.165, 1.54) is 18.2 Å². The lowest BCUT2D eigenvalue weighted by Crippen LogP contribution is -2.17. The largest absolute Gasteiger partial charge is 0.573 e. The molecule has 0 bridgehead atoms. The van der Waals surface area contributed by atoms with Crippen LogP contribution < -0.4 is 10.1 Å². The van der Waals surface area contributed by atoms with Crippen LogP contribution in [0.5, 0.6) is 5.75 Å². The molecule has 22 heavy (non-hydrogen) atoms. The molecule has 1 N–H and O–H groups in total. The van der Waals surface area contributed by atoms with Crippen molar-refractivity contribution in [3.63, 3.8) is 0 Å². The number of pyridine rings is 1. The second-order valence-electron chi connectivity index (χ2n) is 4.56. The van der Waals surface area contributed by atoms with Gasteiger partial charge in [0.25, 0.3) is 0 Å². The zero-order valence-corrected chi connectivity index (χ0v) is 11.3. The Labute approximate surface area is 124 Å². The Bertz CT molecular complexity index is 802. The van der Waals surface area contributed by atoms with Gasteiger partial charge < -0.3 is 10.1 Å². The molecule has 0 aliphatic carbocycles. The Balaban J connectivity index is 1.91. The van der Waals surface area contributed by atoms with E-state index in [1.807, 2.05) is 30.3 Å². The van der Waals surface area contributed by atoms with Crippen LogP contribution in [0.4, 0.5) is 24.7 Å². The maximum atomic E-state index is 12.4. The van der Waals surface area contributed by atoms with Gasteiger partial charge in [-0.1, -0.05) is 30.3 Å². The summed E-state index contributed by atoms with van der Waals surface area (Å²) in [7, 11) is 0. The minimum atomic E-state index is -4.74. The number of hydrogen-bond acceptors (Lipinski definition) is 3. The van der Waals surface area contributed by atoms with Gasteiger partial charge in [0.1, 0.15) is 5.82 Å². The minimum absolute atomic E-state index is 0.197. The van der Waals surface area contributed by atoms with E-state index in [0.29, 0.717) is 5.82 Å². The number of nitrogens with one attached hydrogen (secondary N) is 1. The van der Waals surface area contributed by atoms with Gasteiger partial charge in [0, 0.05) is 5.39 Å². The molecule has 1 aromatic heterocycles. The number of alkyl halides is 3. The minimum Gasteiger partial charge on any atom is -0.404 e. The molecule has 0 amide bonds. The predicted octanol–water partition coefficient (Wildman–Crippen LogP) is 4.88. The second-order valence-corrected chi connectivity index (χ2v) is 4.56. The first-order chi connectivity index (χ1) is 10.5. The summed E-state index contributed by atoms with van der Waals surface area (Å²) in [5.41, 5.74) is 0.948. The van der Waals surface area contributed by atoms with E-state index in [0.717, 1.165) is 10.9 Å². The molecule has 0 aliphatic rings. The standard InChI is InChI=1S/C16H11F3N2O/c17-16(18,19)22-14-8-4-3-7-13(14)21-15-10-9-11-5-1-2-6-12(11)20-15/h1-10H,(H,20,21). The van der Waals surface area contributed by atoms with E-state index in [2.05, 4.69) is 15.0 Å². The number of hydrogen-bond donors (Lipinski definition) is 1. The maximum absolute atomic E-state index is 12.4. The Morgan fingerprint density at radius 3 is 2.41 bits per heavy atom. The number of aromatic nitrogens is 1. The fourth-order valence-corrected chi connectivity index (χ4v) is 2.06. The first kappa shape index (κ1) is 14.2. The molecule has 3 rings (SSSR count). The Hall–Kier alpha value is -2.76. The molecule has 0 radical (unpaired) electrons. The lowest BCUT2D eigenvalue weighted by atomic mass is 10.2. The predicted molar refractivity (Wildman–Crippen MR) is 78.2 cm³/mol. The highest BCUT2D eigenvalue weighted by Crippen LogP contribution is 2.31. The summed E-state index contributed by atoms with van der Waals surface area (Å²) in [4.78, 5) is 4.36. The van der Waals surface area contributed by atoms with Crippen molar-refractivity contribution in [1.82, 2.24) is 4.98 Å². The summed E-state index contributed by atoms with van der Waals surface area (Å²) in [6, 6.07) is 16.9. The molecule has 0 spiro atoms. The number of ether oxygens (including phenoxy) is 1. The number of halogens is 3. The normalized spacial score (nSPS) is 11.4. The highest BCUT2D eigenvalue weighted by molar-refractivity contribution is 5.81. The average molecular weight is 304 g/mol. The molecular formula is C16H11F3N2O. The Morgan fingerprint density at radius 1 is 0.864 bits per heavy atom. The van der Waals surface area contributed by atoms with Gasteiger partial charge in [-0.2, -0.15) is 0 Å². The zero-order valence-electron chi connectivity index (χ0n) is 11.3. The van der Waals surface area contributed by atoms with Crippen LogP contribution in [-0.2, 0) is 0 Å². The molecule has 0 atom stereocenters. The van der Waals surface area contributed by atoms with E-state index in [-0.39, 0.29) is 11.4 Å². The van der Waals surface area contributed by atoms with Crippen molar-refractivity contribution in [3.8, 4) is 5.75 Å². The van der Waals surface area contributed by atoms with Crippen molar-refractivity contribution < 1.29 is 17.9 Å². The molecule has 6 heteroatoms. The molecule has 0 saturated carbocycles. The molecule has 3 aromatic rings. The van der Waals surface area contributed by atoms with Crippen LogP contribution in [0.15, 0.2) is 60.7 Å². The van der Waals surface area contributed by atoms with Crippen molar-refractivity contribution in [2.45, 2.75) is 6.36 Å². The van der Waals surface area contributed by atoms with Crippen LogP contribution >= 0.6 is 0 Å². The third-order valence-corrected chi connectivity index (χ3v) is 2.97. The third-order valence-electron chi connectivity index (χ3n) is 2.97. The third kappa shape index (κ3) is 3.28. The Kier molecular flexibility index (Phi) is 3.58. The van der Waals surface area contributed by atoms with Crippen LogP contribution in [0.1, 0.15) is 0 Å². The number of benzene rings is 2. The van der Waals surface area contributed by atoms with Gasteiger partial charge in [-0.15, -0.1) is 13.2 Å². The molecule has 112 valence electrons. The molecule has 2 aromatic carbocycles. The quantitative estimate of drug-likeness (QED) is 0.749. The van der Waals surface area contributed by atoms with E-state index in [4.69, 9.17) is 0 Å². The summed E-state index contributed by atoms with van der Waals surface area (Å²) >= 11 is 0. The molecule has 1 heterocycles. The smallest absolute Gasteiger partial charge is 0.404 e. The van der Waals surface area contributed by atoms with Gasteiger partial charge in [0.2, 0.25) is 0 Å². The van der Waals surface area contributed by atoms with E-state index >= 15 is 0 Å². The van der Waals surface area contributed by atoms with Gasteiger partial charge in [-0.25, -0.2) is 4.98 Å². The number of fused-ring (bicyclic) bond motifs is 1. The monoisotopic (exact) mass is 304 g/mol. The maximum Gasteiger partial charge on any atom is 0.573 e. The molecule has 3 nitrogen and oxygen atoms in total. The van der Waals surface area contributed by atoms with Crippen molar-refractivity contribution in [3.05, 3.63) is 60.7 Å². The summed E-state index contributed by atoms with van der Waals surface area (Å²) in [6.07, 6.45) is -4.74. The lowest BCUT2D eigenvalue weighted by molar-refractivity contribution is -0.274. The van der Waals surface area contributed by atoms with E-state index in [1.54, 1.807) is 12.1 Å². The van der Waals surface area contributed by atoms with E-state index < -0.39 is 6.36 Å². The number of nitrogens with zero attached hydrogens (tertiary/aromatic N) is 1. The van der Waals surface area contributed by atoms with Crippen molar-refractivity contribution >= 4 is 22.4 Å². The molecule has 0 unspecified atom stereocenters. The van der Waals surface area contributed by atoms with Crippen LogP contribution in [0.3, 0.4) is 0 Å². The fraction of sp³-hybridized carbons (Fsp3) is 0.0625. The number of anilines is 2. The second kappa shape index (κ2) is 5.55. The molecular weight excluding hydrogens is 293 g/mol. The Morgan fingerprint density at radius 2 is 1.59 bits per heavy atom. The van der Waals surface area contributed by atoms with Crippen LogP contribution in [-0.4, -0.2) is 11.3 Å². The van der Waals surface area contributed by atoms with Gasteiger partial charge in [-0.3, -0.25) is 0 Å². The molecule has 0 aliphatic heterocycles. The highest BCUT2D eigenvalue weighted by atomic mass is 19.4. The van der Waals surface area contributed by atoms with Crippen molar-refractivity contribution in [2.75, 3.05) is 5.32 Å². The summed E-state index contributed by atoms with van der Waals surface area (Å²) in [6.45, 7) is 0. The first-order valence-corrected chi connectivity index (χ1v) is 6.49. The SMILES string of the molecule is FC(F)(F)Oc1ccccc1Nc1ccc2ccccc2n1. The summed E-state index contributed by atoms with van der Waals surface area (Å²) in [5, 5.41) is 3.80. The average Bonchev–Trinajstić information content (AvgIpc) is 2.48. The van der Waals surface area contributed by atoms with Gasteiger partial charge in [0.05, 0.1) is 11.2 Å². The first-order valence-electron chi connectivity index (χ1n) is 6.49. The van der Waals surface area contributed by atoms with Crippen LogP contribution in [0.2, 0.25) is 0 Å². The molecule has 0 saturated heterocycles. The van der Waals surface area contributed by atoms with Crippen molar-refractivity contribution in [2.24, 2.45) is 0 Å². The van der Waals surface area contributed by atoms with Gasteiger partial charge in [-0.05, 0) is 30.3 Å². The summed E-state index contributed by atoms with van der Waals surface area (Å²) < 4.78 is 41.2. The topological polar surface area (TPSA) is 34.1 Å². The zero-order chi connectivity index (χ0) is 15.6. The van der Waals surface area contributed by atoms with Crippen LogP contribution in [0.25, 0.3) is 10.9 Å². The fourth-order valence-electron chi connectivity index (χ4n) is 2.06. The molecule has 0 fully saturated rings. The van der Waals surface area contributed by atoms with E-state index in [9.17, 15) is 13.2 Å². The lowest BCUT2D eigenvalue weighted by Gasteiger charge is -2.14. The number of para-hydroxylation sites is 3. The highest BCUT2D eigenvalue weighted by Gasteiger charge is 2.32. The number of rotatable bonds is 3.